The Morgan fingerprint density at radius 1 is 1.03 bits per heavy atom. The number of anilines is 1. The molecule has 0 radical (unpaired) electrons. The minimum Gasteiger partial charge on any atom is -0.497 e. The summed E-state index contributed by atoms with van der Waals surface area (Å²) in [4.78, 5) is 29.2. The lowest BCUT2D eigenvalue weighted by atomic mass is 10.1. The monoisotopic (exact) mass is 457 g/mol. The summed E-state index contributed by atoms with van der Waals surface area (Å²) in [5.74, 6) is 0.0123. The number of nitrogens with zero attached hydrogens (tertiary/aromatic N) is 3. The first-order chi connectivity index (χ1) is 15.3. The van der Waals surface area contributed by atoms with Crippen molar-refractivity contribution in [3.63, 3.8) is 0 Å². The molecule has 1 atom stereocenters. The molecular formula is C23H27N3O5S. The summed E-state index contributed by atoms with van der Waals surface area (Å²) < 4.78 is 32.4. The van der Waals surface area contributed by atoms with Gasteiger partial charge in [0.1, 0.15) is 5.75 Å². The molecule has 2 aromatic rings. The zero-order valence-corrected chi connectivity index (χ0v) is 19.0. The van der Waals surface area contributed by atoms with E-state index in [1.165, 1.54) is 4.31 Å². The van der Waals surface area contributed by atoms with Crippen LogP contribution in [-0.2, 0) is 19.6 Å². The largest absolute Gasteiger partial charge is 0.497 e. The van der Waals surface area contributed by atoms with Gasteiger partial charge in [-0.1, -0.05) is 23.8 Å². The van der Waals surface area contributed by atoms with Crippen molar-refractivity contribution in [2.45, 2.75) is 18.2 Å². The average molecular weight is 458 g/mol. The van der Waals surface area contributed by atoms with Gasteiger partial charge in [-0.25, -0.2) is 8.42 Å². The van der Waals surface area contributed by atoms with Gasteiger partial charge in [0, 0.05) is 50.9 Å². The van der Waals surface area contributed by atoms with E-state index in [9.17, 15) is 18.0 Å². The van der Waals surface area contributed by atoms with Gasteiger partial charge in [0.05, 0.1) is 17.9 Å². The van der Waals surface area contributed by atoms with Crippen molar-refractivity contribution >= 4 is 27.5 Å². The maximum Gasteiger partial charge on any atom is 0.243 e. The Bertz CT molecular complexity index is 1110. The highest BCUT2D eigenvalue weighted by Crippen LogP contribution is 2.29. The van der Waals surface area contributed by atoms with Gasteiger partial charge in [-0.3, -0.25) is 9.59 Å². The zero-order valence-electron chi connectivity index (χ0n) is 18.2. The Kier molecular flexibility index (Phi) is 6.21. The number of carbonyl (C=O) groups is 2. The highest BCUT2D eigenvalue weighted by atomic mass is 32.2. The molecule has 0 spiro atoms. The van der Waals surface area contributed by atoms with Crippen molar-refractivity contribution in [1.82, 2.24) is 9.21 Å². The molecule has 2 fully saturated rings. The fourth-order valence-electron chi connectivity index (χ4n) is 4.17. The Morgan fingerprint density at radius 2 is 1.72 bits per heavy atom. The molecule has 0 aromatic heterocycles. The van der Waals surface area contributed by atoms with Crippen LogP contribution in [0.5, 0.6) is 5.75 Å². The van der Waals surface area contributed by atoms with E-state index in [1.807, 2.05) is 19.1 Å². The summed E-state index contributed by atoms with van der Waals surface area (Å²) in [5, 5.41) is 0. The lowest BCUT2D eigenvalue weighted by Crippen LogP contribution is -2.52. The van der Waals surface area contributed by atoms with Gasteiger partial charge in [-0.2, -0.15) is 4.31 Å². The predicted molar refractivity (Wildman–Crippen MR) is 120 cm³/mol. The van der Waals surface area contributed by atoms with Crippen LogP contribution in [-0.4, -0.2) is 69.3 Å². The molecule has 2 aliphatic rings. The quantitative estimate of drug-likeness (QED) is 0.684. The van der Waals surface area contributed by atoms with E-state index >= 15 is 0 Å². The molecule has 0 bridgehead atoms. The normalized spacial score (nSPS) is 19.9. The van der Waals surface area contributed by atoms with Gasteiger partial charge in [-0.05, 0) is 31.2 Å². The Labute approximate surface area is 188 Å². The van der Waals surface area contributed by atoms with Crippen LogP contribution in [0.15, 0.2) is 53.4 Å². The molecule has 2 heterocycles. The van der Waals surface area contributed by atoms with Crippen molar-refractivity contribution in [3.05, 3.63) is 54.1 Å². The van der Waals surface area contributed by atoms with Crippen molar-refractivity contribution in [3.8, 4) is 5.75 Å². The van der Waals surface area contributed by atoms with E-state index < -0.39 is 15.9 Å². The third-order valence-corrected chi connectivity index (χ3v) is 7.96. The topological polar surface area (TPSA) is 87.2 Å². The van der Waals surface area contributed by atoms with Gasteiger partial charge in [0.25, 0.3) is 0 Å². The number of piperazine rings is 1. The number of rotatable bonds is 5. The number of methoxy groups -OCH3 is 1. The van der Waals surface area contributed by atoms with Crippen molar-refractivity contribution < 1.29 is 22.7 Å². The number of sulfonamides is 1. The molecule has 9 heteroatoms. The van der Waals surface area contributed by atoms with Crippen LogP contribution in [0.1, 0.15) is 12.0 Å². The first-order valence-electron chi connectivity index (χ1n) is 10.6. The maximum absolute atomic E-state index is 13.1. The molecule has 4 rings (SSSR count). The molecule has 32 heavy (non-hydrogen) atoms. The number of ether oxygens (including phenoxy) is 1. The minimum atomic E-state index is -3.59. The summed E-state index contributed by atoms with van der Waals surface area (Å²) in [6, 6.07) is 14.0. The Morgan fingerprint density at radius 3 is 2.38 bits per heavy atom. The van der Waals surface area contributed by atoms with Gasteiger partial charge >= 0.3 is 0 Å². The van der Waals surface area contributed by atoms with Gasteiger partial charge in [-0.15, -0.1) is 0 Å². The summed E-state index contributed by atoms with van der Waals surface area (Å²) in [6.07, 6.45) is 0.151. The molecule has 0 N–H and O–H groups in total. The smallest absolute Gasteiger partial charge is 0.243 e. The number of hydrogen-bond acceptors (Lipinski definition) is 5. The second-order valence-electron chi connectivity index (χ2n) is 8.15. The molecule has 0 saturated carbocycles. The van der Waals surface area contributed by atoms with Crippen LogP contribution < -0.4 is 9.64 Å². The zero-order chi connectivity index (χ0) is 22.9. The fourth-order valence-corrected chi connectivity index (χ4v) is 5.59. The van der Waals surface area contributed by atoms with Crippen LogP contribution in [0.3, 0.4) is 0 Å². The molecule has 2 aromatic carbocycles. The SMILES string of the molecule is COc1cccc(N2C[C@@H](C(=O)N3CCN(S(=O)(=O)c4ccc(C)cc4)CC3)CC2=O)c1. The summed E-state index contributed by atoms with van der Waals surface area (Å²) in [7, 11) is -2.02. The lowest BCUT2D eigenvalue weighted by molar-refractivity contribution is -0.136. The third-order valence-electron chi connectivity index (χ3n) is 6.05. The molecule has 8 nitrogen and oxygen atoms in total. The van der Waals surface area contributed by atoms with Crippen LogP contribution in [0, 0.1) is 12.8 Å². The van der Waals surface area contributed by atoms with Crippen LogP contribution >= 0.6 is 0 Å². The number of benzene rings is 2. The number of hydrogen-bond donors (Lipinski definition) is 0. The highest BCUT2D eigenvalue weighted by Gasteiger charge is 2.39. The van der Waals surface area contributed by atoms with Crippen LogP contribution in [0.4, 0.5) is 5.69 Å². The molecular weight excluding hydrogens is 430 g/mol. The number of carbonyl (C=O) groups excluding carboxylic acids is 2. The predicted octanol–water partition coefficient (Wildman–Crippen LogP) is 1.89. The van der Waals surface area contributed by atoms with E-state index in [0.29, 0.717) is 31.1 Å². The average Bonchev–Trinajstić information content (AvgIpc) is 3.20. The number of amides is 2. The molecule has 2 amide bonds. The van der Waals surface area contributed by atoms with E-state index in [1.54, 1.807) is 53.3 Å². The van der Waals surface area contributed by atoms with E-state index in [-0.39, 0.29) is 36.2 Å². The first kappa shape index (κ1) is 22.3. The lowest BCUT2D eigenvalue weighted by Gasteiger charge is -2.35. The van der Waals surface area contributed by atoms with E-state index in [2.05, 4.69) is 0 Å². The molecule has 170 valence electrons. The summed E-state index contributed by atoms with van der Waals surface area (Å²) in [6.45, 7) is 3.32. The first-order valence-corrected chi connectivity index (χ1v) is 12.0. The van der Waals surface area contributed by atoms with Gasteiger partial charge in [0.15, 0.2) is 0 Å². The second kappa shape index (κ2) is 8.91. The minimum absolute atomic E-state index is 0.0998. The Hall–Kier alpha value is -2.91. The molecule has 2 aliphatic heterocycles. The van der Waals surface area contributed by atoms with Gasteiger partial charge < -0.3 is 14.5 Å². The van der Waals surface area contributed by atoms with Crippen molar-refractivity contribution in [1.29, 1.82) is 0 Å². The molecule has 2 saturated heterocycles. The second-order valence-corrected chi connectivity index (χ2v) is 10.1. The van der Waals surface area contributed by atoms with E-state index in [4.69, 9.17) is 4.74 Å². The van der Waals surface area contributed by atoms with Crippen molar-refractivity contribution in [2.75, 3.05) is 44.7 Å². The van der Waals surface area contributed by atoms with E-state index in [0.717, 1.165) is 5.56 Å². The Balaban J connectivity index is 1.38. The molecule has 0 aliphatic carbocycles. The maximum atomic E-state index is 13.1. The summed E-state index contributed by atoms with van der Waals surface area (Å²) in [5.41, 5.74) is 1.70. The fraction of sp³-hybridized carbons (Fsp3) is 0.391. The standard InChI is InChI=1S/C23H27N3O5S/c1-17-6-8-21(9-7-17)32(29,30)25-12-10-24(11-13-25)23(28)18-14-22(27)26(16-18)19-4-3-5-20(15-19)31-2/h3-9,15,18H,10-14,16H2,1-2H3/t18-/m0/s1. The number of aryl methyl sites for hydroxylation is 1. The van der Waals surface area contributed by atoms with Crippen LogP contribution in [0.25, 0.3) is 0 Å². The molecule has 0 unspecified atom stereocenters. The third kappa shape index (κ3) is 4.35. The summed E-state index contributed by atoms with van der Waals surface area (Å²) >= 11 is 0. The van der Waals surface area contributed by atoms with Gasteiger partial charge in [0.2, 0.25) is 21.8 Å². The van der Waals surface area contributed by atoms with Crippen molar-refractivity contribution in [2.24, 2.45) is 5.92 Å². The van der Waals surface area contributed by atoms with Crippen LogP contribution in [0.2, 0.25) is 0 Å². The highest BCUT2D eigenvalue weighted by molar-refractivity contribution is 7.89.